The molecule has 0 spiro atoms. The molecule has 1 aromatic carbocycles. The third-order valence-electron chi connectivity index (χ3n) is 3.83. The minimum atomic E-state index is -0.967. The van der Waals surface area contributed by atoms with Crippen molar-refractivity contribution >= 4 is 17.3 Å². The predicted octanol–water partition coefficient (Wildman–Crippen LogP) is 2.37. The second-order valence-corrected chi connectivity index (χ2v) is 5.38. The minimum Gasteiger partial charge on any atom is -0.478 e. The number of rotatable bonds is 4. The smallest absolute Gasteiger partial charge is 0.337 e. The van der Waals surface area contributed by atoms with E-state index in [1.54, 1.807) is 6.07 Å². The van der Waals surface area contributed by atoms with Crippen LogP contribution in [0.5, 0.6) is 0 Å². The van der Waals surface area contributed by atoms with Crippen LogP contribution >= 0.6 is 0 Å². The molecule has 0 radical (unpaired) electrons. The van der Waals surface area contributed by atoms with Crippen molar-refractivity contribution in [1.82, 2.24) is 0 Å². The van der Waals surface area contributed by atoms with E-state index in [1.165, 1.54) is 6.42 Å². The van der Waals surface area contributed by atoms with Gasteiger partial charge in [-0.15, -0.1) is 0 Å². The molecule has 3 N–H and O–H groups in total. The van der Waals surface area contributed by atoms with Crippen LogP contribution in [-0.2, 0) is 0 Å². The highest BCUT2D eigenvalue weighted by molar-refractivity contribution is 5.95. The van der Waals surface area contributed by atoms with E-state index < -0.39 is 5.97 Å². The molecular weight excluding hydrogens is 228 g/mol. The van der Waals surface area contributed by atoms with E-state index >= 15 is 0 Å². The maximum Gasteiger partial charge on any atom is 0.337 e. The Morgan fingerprint density at radius 1 is 1.56 bits per heavy atom. The molecular formula is C14H20N2O2. The van der Waals surface area contributed by atoms with Crippen molar-refractivity contribution in [2.75, 3.05) is 24.2 Å². The summed E-state index contributed by atoms with van der Waals surface area (Å²) in [5, 5.41) is 9.13. The first-order chi connectivity index (χ1) is 8.40. The molecule has 2 unspecified atom stereocenters. The molecule has 0 bridgehead atoms. The highest BCUT2D eigenvalue weighted by Crippen LogP contribution is 2.39. The predicted molar refractivity (Wildman–Crippen MR) is 73.1 cm³/mol. The first-order valence-corrected chi connectivity index (χ1v) is 6.24. The number of hydrogen-bond donors (Lipinski definition) is 2. The number of aromatic carboxylic acids is 1. The van der Waals surface area contributed by atoms with E-state index in [-0.39, 0.29) is 5.56 Å². The zero-order chi connectivity index (χ0) is 13.4. The van der Waals surface area contributed by atoms with Gasteiger partial charge >= 0.3 is 5.97 Å². The van der Waals surface area contributed by atoms with E-state index in [9.17, 15) is 4.79 Å². The molecule has 0 saturated heterocycles. The molecule has 4 nitrogen and oxygen atoms in total. The largest absolute Gasteiger partial charge is 0.478 e. The van der Waals surface area contributed by atoms with E-state index in [1.807, 2.05) is 20.0 Å². The van der Waals surface area contributed by atoms with Crippen LogP contribution in [0.4, 0.5) is 11.4 Å². The number of aryl methyl sites for hydroxylation is 1. The van der Waals surface area contributed by atoms with Crippen LogP contribution in [0.25, 0.3) is 0 Å². The van der Waals surface area contributed by atoms with Gasteiger partial charge in [-0.1, -0.05) is 6.92 Å². The van der Waals surface area contributed by atoms with Gasteiger partial charge in [0.1, 0.15) is 0 Å². The van der Waals surface area contributed by atoms with Gasteiger partial charge in [0.15, 0.2) is 0 Å². The van der Waals surface area contributed by atoms with Crippen LogP contribution in [0.1, 0.15) is 29.3 Å². The van der Waals surface area contributed by atoms with E-state index in [0.717, 1.165) is 29.6 Å². The normalized spacial score (nSPS) is 21.7. The summed E-state index contributed by atoms with van der Waals surface area (Å²) in [4.78, 5) is 13.3. The SMILES string of the molecule is Cc1cc(N(C)CC2CC2C)cc(C(=O)O)c1N. The Labute approximate surface area is 107 Å². The number of nitrogen functional groups attached to an aromatic ring is 1. The van der Waals surface area contributed by atoms with Crippen LogP contribution in [0.15, 0.2) is 12.1 Å². The summed E-state index contributed by atoms with van der Waals surface area (Å²) in [5.74, 6) is 0.563. The summed E-state index contributed by atoms with van der Waals surface area (Å²) in [6.45, 7) is 5.07. The quantitative estimate of drug-likeness (QED) is 0.803. The van der Waals surface area contributed by atoms with Crippen molar-refractivity contribution in [3.05, 3.63) is 23.3 Å². The number of nitrogens with zero attached hydrogens (tertiary/aromatic N) is 1. The maximum absolute atomic E-state index is 11.1. The summed E-state index contributed by atoms with van der Waals surface area (Å²) in [6.07, 6.45) is 1.27. The Morgan fingerprint density at radius 3 is 2.67 bits per heavy atom. The molecule has 1 aromatic rings. The van der Waals surface area contributed by atoms with Gasteiger partial charge in [-0.05, 0) is 42.9 Å². The minimum absolute atomic E-state index is 0.195. The van der Waals surface area contributed by atoms with Gasteiger partial charge in [-0.2, -0.15) is 0 Å². The molecule has 2 atom stereocenters. The average Bonchev–Trinajstić information content (AvgIpc) is 2.97. The molecule has 18 heavy (non-hydrogen) atoms. The number of nitrogens with two attached hydrogens (primary N) is 1. The van der Waals surface area contributed by atoms with Crippen LogP contribution < -0.4 is 10.6 Å². The second-order valence-electron chi connectivity index (χ2n) is 5.38. The lowest BCUT2D eigenvalue weighted by Crippen LogP contribution is -2.21. The molecule has 4 heteroatoms. The first kappa shape index (κ1) is 12.7. The molecule has 0 aliphatic heterocycles. The molecule has 1 saturated carbocycles. The van der Waals surface area contributed by atoms with Gasteiger partial charge in [0, 0.05) is 25.0 Å². The summed E-state index contributed by atoms with van der Waals surface area (Å²) in [6, 6.07) is 3.62. The summed E-state index contributed by atoms with van der Waals surface area (Å²) >= 11 is 0. The van der Waals surface area contributed by atoms with Crippen LogP contribution in [0.3, 0.4) is 0 Å². The van der Waals surface area contributed by atoms with Crippen molar-refractivity contribution in [3.63, 3.8) is 0 Å². The third-order valence-corrected chi connectivity index (χ3v) is 3.83. The fourth-order valence-electron chi connectivity index (χ4n) is 2.29. The van der Waals surface area contributed by atoms with E-state index in [2.05, 4.69) is 11.8 Å². The Balaban J connectivity index is 2.24. The third kappa shape index (κ3) is 2.42. The summed E-state index contributed by atoms with van der Waals surface area (Å²) < 4.78 is 0. The standard InChI is InChI=1S/C14H20N2O2/c1-8-4-10(8)7-16(3)11-5-9(2)13(15)12(6-11)14(17)18/h5-6,8,10H,4,7,15H2,1-3H3,(H,17,18). The van der Waals surface area contributed by atoms with Crippen molar-refractivity contribution in [2.45, 2.75) is 20.3 Å². The van der Waals surface area contributed by atoms with Gasteiger partial charge in [0.25, 0.3) is 0 Å². The number of carbonyl (C=O) groups is 1. The van der Waals surface area contributed by atoms with Gasteiger partial charge in [0.05, 0.1) is 5.56 Å². The van der Waals surface area contributed by atoms with Crippen LogP contribution in [0.2, 0.25) is 0 Å². The number of anilines is 2. The van der Waals surface area contributed by atoms with E-state index in [0.29, 0.717) is 5.69 Å². The molecule has 0 aromatic heterocycles. The molecule has 1 aliphatic carbocycles. The van der Waals surface area contributed by atoms with Gasteiger partial charge in [-0.25, -0.2) is 4.79 Å². The highest BCUT2D eigenvalue weighted by Gasteiger charge is 2.33. The Kier molecular flexibility index (Phi) is 3.20. The lowest BCUT2D eigenvalue weighted by atomic mass is 10.1. The Bertz CT molecular complexity index is 485. The average molecular weight is 248 g/mol. The Hall–Kier alpha value is -1.71. The topological polar surface area (TPSA) is 66.6 Å². The number of benzene rings is 1. The molecule has 0 amide bonds. The molecule has 0 heterocycles. The number of carboxylic acid groups (broad SMARTS) is 1. The summed E-state index contributed by atoms with van der Waals surface area (Å²) in [7, 11) is 2.00. The first-order valence-electron chi connectivity index (χ1n) is 6.24. The number of carboxylic acids is 1. The fraction of sp³-hybridized carbons (Fsp3) is 0.500. The molecule has 1 fully saturated rings. The maximum atomic E-state index is 11.1. The van der Waals surface area contributed by atoms with Crippen molar-refractivity contribution in [2.24, 2.45) is 11.8 Å². The van der Waals surface area contributed by atoms with Crippen molar-refractivity contribution in [3.8, 4) is 0 Å². The fourth-order valence-corrected chi connectivity index (χ4v) is 2.29. The van der Waals surface area contributed by atoms with Gasteiger partial charge in [-0.3, -0.25) is 0 Å². The monoisotopic (exact) mass is 248 g/mol. The second kappa shape index (κ2) is 4.52. The van der Waals surface area contributed by atoms with Gasteiger partial charge in [0.2, 0.25) is 0 Å². The van der Waals surface area contributed by atoms with E-state index in [4.69, 9.17) is 10.8 Å². The lowest BCUT2D eigenvalue weighted by Gasteiger charge is -2.21. The van der Waals surface area contributed by atoms with Crippen molar-refractivity contribution < 1.29 is 9.90 Å². The molecule has 1 aliphatic rings. The number of hydrogen-bond acceptors (Lipinski definition) is 3. The van der Waals surface area contributed by atoms with Gasteiger partial charge < -0.3 is 15.7 Å². The Morgan fingerprint density at radius 2 is 2.17 bits per heavy atom. The highest BCUT2D eigenvalue weighted by atomic mass is 16.4. The van der Waals surface area contributed by atoms with Crippen LogP contribution in [0, 0.1) is 18.8 Å². The molecule has 2 rings (SSSR count). The zero-order valence-electron chi connectivity index (χ0n) is 11.1. The lowest BCUT2D eigenvalue weighted by molar-refractivity contribution is 0.0698. The molecule has 98 valence electrons. The van der Waals surface area contributed by atoms with Crippen molar-refractivity contribution in [1.29, 1.82) is 0 Å². The van der Waals surface area contributed by atoms with Crippen LogP contribution in [-0.4, -0.2) is 24.7 Å². The zero-order valence-corrected chi connectivity index (χ0v) is 11.1. The summed E-state index contributed by atoms with van der Waals surface area (Å²) in [5.41, 5.74) is 8.09.